The predicted molar refractivity (Wildman–Crippen MR) is 108 cm³/mol. The average Bonchev–Trinajstić information content (AvgIpc) is 3.11. The Labute approximate surface area is 182 Å². The van der Waals surface area contributed by atoms with Gasteiger partial charge in [0, 0.05) is 23.7 Å². The van der Waals surface area contributed by atoms with Crippen LogP contribution in [0.5, 0.6) is 0 Å². The molecule has 1 aromatic heterocycles. The number of aromatic nitrogens is 2. The Morgan fingerprint density at radius 1 is 1.22 bits per heavy atom. The standard InChI is InChI=1S/C21H25F3N4O4/c1-21(2,3)18(19(30)25-5-6-29)26-20(31)28-16-10-32-7-4-11(16)17(27-28)12-8-14(23)15(24)9-13(12)22/h8-9,18,29H,4-7,10H2,1-3H3,(H,25,30)(H,26,31)/t18-/m1/s1. The lowest BCUT2D eigenvalue weighted by molar-refractivity contribution is -0.125. The van der Waals surface area contributed by atoms with Crippen molar-refractivity contribution < 1.29 is 32.6 Å². The van der Waals surface area contributed by atoms with E-state index in [9.17, 15) is 22.8 Å². The molecule has 3 rings (SSSR count). The van der Waals surface area contributed by atoms with E-state index in [-0.39, 0.29) is 44.0 Å². The number of carbonyl (C=O) groups is 2. The second-order valence-electron chi connectivity index (χ2n) is 8.50. The first kappa shape index (κ1) is 23.7. The number of ether oxygens (including phenoxy) is 1. The SMILES string of the molecule is CC(C)(C)[C@H](NC(=O)n1nc(-c2cc(F)c(F)cc2F)c2c1COCC2)C(=O)NCCO. The number of fused-ring (bicyclic) bond motifs is 1. The summed E-state index contributed by atoms with van der Waals surface area (Å²) in [5, 5.41) is 18.3. The molecule has 0 saturated heterocycles. The summed E-state index contributed by atoms with van der Waals surface area (Å²) in [5.74, 6) is -4.08. The Balaban J connectivity index is 2.00. The summed E-state index contributed by atoms with van der Waals surface area (Å²) in [4.78, 5) is 25.6. The Hall–Kier alpha value is -2.92. The molecule has 0 saturated carbocycles. The maximum Gasteiger partial charge on any atom is 0.343 e. The van der Waals surface area contributed by atoms with E-state index in [1.165, 1.54) is 0 Å². The first-order chi connectivity index (χ1) is 15.0. The molecule has 3 N–H and O–H groups in total. The van der Waals surface area contributed by atoms with E-state index in [1.807, 2.05) is 0 Å². The van der Waals surface area contributed by atoms with Crippen molar-refractivity contribution in [2.75, 3.05) is 19.8 Å². The number of halogens is 3. The molecule has 1 aromatic carbocycles. The van der Waals surface area contributed by atoms with Crippen LogP contribution in [0.3, 0.4) is 0 Å². The van der Waals surface area contributed by atoms with Crippen molar-refractivity contribution in [2.45, 2.75) is 39.8 Å². The fourth-order valence-corrected chi connectivity index (χ4v) is 3.47. The number of rotatable bonds is 5. The number of benzene rings is 1. The molecule has 1 atom stereocenters. The summed E-state index contributed by atoms with van der Waals surface area (Å²) in [6.45, 7) is 5.29. The van der Waals surface area contributed by atoms with Crippen molar-refractivity contribution in [1.82, 2.24) is 20.4 Å². The van der Waals surface area contributed by atoms with Gasteiger partial charge in [0.2, 0.25) is 5.91 Å². The monoisotopic (exact) mass is 454 g/mol. The smallest absolute Gasteiger partial charge is 0.343 e. The van der Waals surface area contributed by atoms with Crippen LogP contribution in [0.2, 0.25) is 0 Å². The lowest BCUT2D eigenvalue weighted by Crippen LogP contribution is -2.55. The minimum Gasteiger partial charge on any atom is -0.395 e. The Morgan fingerprint density at radius 3 is 2.56 bits per heavy atom. The van der Waals surface area contributed by atoms with Crippen LogP contribution >= 0.6 is 0 Å². The number of carbonyl (C=O) groups excluding carboxylic acids is 2. The predicted octanol–water partition coefficient (Wildman–Crippen LogP) is 2.12. The van der Waals surface area contributed by atoms with Gasteiger partial charge in [-0.2, -0.15) is 9.78 Å². The first-order valence-corrected chi connectivity index (χ1v) is 10.1. The molecular formula is C21H25F3N4O4. The van der Waals surface area contributed by atoms with Gasteiger partial charge in [-0.05, 0) is 17.9 Å². The third-order valence-corrected chi connectivity index (χ3v) is 5.09. The second-order valence-corrected chi connectivity index (χ2v) is 8.50. The molecule has 2 heterocycles. The highest BCUT2D eigenvalue weighted by Crippen LogP contribution is 2.32. The maximum absolute atomic E-state index is 14.4. The van der Waals surface area contributed by atoms with Crippen LogP contribution in [-0.4, -0.2) is 52.6 Å². The van der Waals surface area contributed by atoms with Gasteiger partial charge in [0.1, 0.15) is 11.9 Å². The Bertz CT molecular complexity index is 1030. The maximum atomic E-state index is 14.4. The molecule has 32 heavy (non-hydrogen) atoms. The van der Waals surface area contributed by atoms with Gasteiger partial charge in [0.25, 0.3) is 0 Å². The molecule has 0 bridgehead atoms. The van der Waals surface area contributed by atoms with Gasteiger partial charge in [-0.25, -0.2) is 18.0 Å². The molecule has 0 spiro atoms. The molecule has 8 nitrogen and oxygen atoms in total. The van der Waals surface area contributed by atoms with Gasteiger partial charge < -0.3 is 20.5 Å². The molecule has 2 aromatic rings. The van der Waals surface area contributed by atoms with Gasteiger partial charge in [-0.15, -0.1) is 0 Å². The fourth-order valence-electron chi connectivity index (χ4n) is 3.47. The van der Waals surface area contributed by atoms with Gasteiger partial charge in [-0.1, -0.05) is 20.8 Å². The number of hydrogen-bond donors (Lipinski definition) is 3. The summed E-state index contributed by atoms with van der Waals surface area (Å²) in [5.41, 5.74) is -0.147. The second kappa shape index (κ2) is 9.29. The number of hydrogen-bond acceptors (Lipinski definition) is 5. The number of aliphatic hydroxyl groups excluding tert-OH is 1. The highest BCUT2D eigenvalue weighted by molar-refractivity contribution is 5.89. The number of aliphatic hydroxyl groups is 1. The molecule has 0 unspecified atom stereocenters. The van der Waals surface area contributed by atoms with E-state index in [1.54, 1.807) is 20.8 Å². The molecule has 1 aliphatic rings. The van der Waals surface area contributed by atoms with Crippen molar-refractivity contribution >= 4 is 11.9 Å². The lowest BCUT2D eigenvalue weighted by Gasteiger charge is -2.30. The zero-order chi connectivity index (χ0) is 23.6. The van der Waals surface area contributed by atoms with E-state index < -0.39 is 40.8 Å². The van der Waals surface area contributed by atoms with Crippen LogP contribution in [0.4, 0.5) is 18.0 Å². The highest BCUT2D eigenvalue weighted by Gasteiger charge is 2.35. The highest BCUT2D eigenvalue weighted by atomic mass is 19.2. The molecule has 174 valence electrons. The van der Waals surface area contributed by atoms with Crippen molar-refractivity contribution in [1.29, 1.82) is 0 Å². The van der Waals surface area contributed by atoms with E-state index in [4.69, 9.17) is 9.84 Å². The van der Waals surface area contributed by atoms with Crippen LogP contribution in [0, 0.1) is 22.9 Å². The minimum atomic E-state index is -1.33. The minimum absolute atomic E-state index is 0.00204. The molecule has 1 aliphatic heterocycles. The summed E-state index contributed by atoms with van der Waals surface area (Å²) in [7, 11) is 0. The van der Waals surface area contributed by atoms with Crippen LogP contribution in [0.25, 0.3) is 11.3 Å². The fraction of sp³-hybridized carbons (Fsp3) is 0.476. The van der Waals surface area contributed by atoms with Gasteiger partial charge in [0.05, 0.1) is 31.2 Å². The molecule has 0 radical (unpaired) electrons. The average molecular weight is 454 g/mol. The Kier molecular flexibility index (Phi) is 6.89. The molecule has 2 amide bonds. The van der Waals surface area contributed by atoms with E-state index in [0.29, 0.717) is 23.4 Å². The van der Waals surface area contributed by atoms with Crippen molar-refractivity contribution in [3.05, 3.63) is 40.8 Å². The van der Waals surface area contributed by atoms with Gasteiger partial charge in [0.15, 0.2) is 11.6 Å². The van der Waals surface area contributed by atoms with Crippen molar-refractivity contribution in [3.63, 3.8) is 0 Å². The van der Waals surface area contributed by atoms with E-state index >= 15 is 0 Å². The summed E-state index contributed by atoms with van der Waals surface area (Å²) < 4.78 is 48.0. The zero-order valence-electron chi connectivity index (χ0n) is 18.0. The molecule has 0 fully saturated rings. The quantitative estimate of drug-likeness (QED) is 0.601. The Morgan fingerprint density at radius 2 is 1.91 bits per heavy atom. The zero-order valence-corrected chi connectivity index (χ0v) is 18.0. The van der Waals surface area contributed by atoms with Crippen LogP contribution in [0.15, 0.2) is 12.1 Å². The first-order valence-electron chi connectivity index (χ1n) is 10.1. The van der Waals surface area contributed by atoms with Crippen molar-refractivity contribution in [3.8, 4) is 11.3 Å². The molecule has 0 aliphatic carbocycles. The topological polar surface area (TPSA) is 105 Å². The largest absolute Gasteiger partial charge is 0.395 e. The van der Waals surface area contributed by atoms with Crippen LogP contribution in [-0.2, 0) is 22.6 Å². The van der Waals surface area contributed by atoms with E-state index in [2.05, 4.69) is 15.7 Å². The number of amides is 2. The van der Waals surface area contributed by atoms with Gasteiger partial charge >= 0.3 is 6.03 Å². The van der Waals surface area contributed by atoms with E-state index in [0.717, 1.165) is 4.68 Å². The number of nitrogens with zero attached hydrogens (tertiary/aromatic N) is 2. The normalized spacial score (nSPS) is 14.6. The summed E-state index contributed by atoms with van der Waals surface area (Å²) in [6, 6.07) is -0.614. The third-order valence-electron chi connectivity index (χ3n) is 5.09. The number of nitrogens with one attached hydrogen (secondary N) is 2. The molecular weight excluding hydrogens is 429 g/mol. The van der Waals surface area contributed by atoms with Crippen LogP contribution in [0.1, 0.15) is 32.0 Å². The summed E-state index contributed by atoms with van der Waals surface area (Å²) in [6.07, 6.45) is 0.288. The molecule has 11 heteroatoms. The van der Waals surface area contributed by atoms with Crippen LogP contribution < -0.4 is 10.6 Å². The van der Waals surface area contributed by atoms with Gasteiger partial charge in [-0.3, -0.25) is 4.79 Å². The lowest BCUT2D eigenvalue weighted by atomic mass is 9.86. The third kappa shape index (κ3) is 4.78. The summed E-state index contributed by atoms with van der Waals surface area (Å²) >= 11 is 0. The van der Waals surface area contributed by atoms with Crippen molar-refractivity contribution in [2.24, 2.45) is 5.41 Å².